The van der Waals surface area contributed by atoms with E-state index in [0.717, 1.165) is 12.8 Å². The number of hydrogen-bond acceptors (Lipinski definition) is 6. The lowest BCUT2D eigenvalue weighted by molar-refractivity contribution is 0.0179. The highest BCUT2D eigenvalue weighted by molar-refractivity contribution is 6.17. The van der Waals surface area contributed by atoms with Gasteiger partial charge in [0, 0.05) is 30.5 Å². The Balaban J connectivity index is 1.69. The van der Waals surface area contributed by atoms with E-state index in [1.807, 2.05) is 20.8 Å². The number of hydrogen-bond donors (Lipinski definition) is 1. The molecule has 0 spiro atoms. The Morgan fingerprint density at radius 2 is 1.59 bits per heavy atom. The number of carbonyl (C=O) groups is 3. The molecule has 3 aromatic rings. The van der Waals surface area contributed by atoms with Crippen LogP contribution in [0.4, 0.5) is 4.79 Å². The van der Waals surface area contributed by atoms with Crippen molar-refractivity contribution in [3.05, 3.63) is 64.9 Å². The number of aryl methyl sites for hydroxylation is 1. The Bertz CT molecular complexity index is 1360. The van der Waals surface area contributed by atoms with E-state index in [0.29, 0.717) is 66.1 Å². The molecular weight excluding hydrogens is 522 g/mol. The first-order valence-electron chi connectivity index (χ1n) is 14.2. The molecule has 3 rings (SSSR count). The van der Waals surface area contributed by atoms with Crippen molar-refractivity contribution in [3.8, 4) is 5.75 Å². The van der Waals surface area contributed by atoms with Crippen LogP contribution < -0.4 is 4.74 Å². The van der Waals surface area contributed by atoms with Gasteiger partial charge in [0.15, 0.2) is 5.78 Å². The van der Waals surface area contributed by atoms with E-state index in [1.165, 1.54) is 12.1 Å². The second-order valence-electron chi connectivity index (χ2n) is 12.5. The molecule has 222 valence electrons. The van der Waals surface area contributed by atoms with Gasteiger partial charge in [-0.25, -0.2) is 9.59 Å². The number of unbranched alkanes of at least 4 members (excludes halogenated alkanes) is 1. The summed E-state index contributed by atoms with van der Waals surface area (Å²) < 4.78 is 17.5. The molecule has 1 aromatic heterocycles. The number of aromatic carboxylic acids is 1. The quantitative estimate of drug-likeness (QED) is 0.177. The van der Waals surface area contributed by atoms with Crippen LogP contribution in [0, 0.1) is 5.41 Å². The van der Waals surface area contributed by atoms with Gasteiger partial charge in [-0.2, -0.15) is 0 Å². The summed E-state index contributed by atoms with van der Waals surface area (Å²) in [6, 6.07) is 11.5. The van der Waals surface area contributed by atoms with Gasteiger partial charge in [-0.3, -0.25) is 4.79 Å². The smallest absolute Gasteiger partial charge is 0.410 e. The van der Waals surface area contributed by atoms with Crippen molar-refractivity contribution in [2.45, 2.75) is 79.8 Å². The third-order valence-electron chi connectivity index (χ3n) is 6.27. The van der Waals surface area contributed by atoms with Crippen molar-refractivity contribution in [1.29, 1.82) is 0 Å². The van der Waals surface area contributed by atoms with Gasteiger partial charge in [-0.05, 0) is 81.5 Å². The van der Waals surface area contributed by atoms with Gasteiger partial charge in [0.25, 0.3) is 0 Å². The maximum atomic E-state index is 13.6. The highest BCUT2D eigenvalue weighted by Crippen LogP contribution is 2.31. The van der Waals surface area contributed by atoms with Crippen LogP contribution in [0.5, 0.6) is 5.75 Å². The molecule has 0 unspecified atom stereocenters. The van der Waals surface area contributed by atoms with Crippen LogP contribution in [-0.2, 0) is 11.2 Å². The van der Waals surface area contributed by atoms with Gasteiger partial charge < -0.3 is 23.9 Å². The lowest BCUT2D eigenvalue weighted by atomic mass is 9.96. The lowest BCUT2D eigenvalue weighted by Gasteiger charge is -2.32. The number of nitrogens with zero attached hydrogens (tertiary/aromatic N) is 1. The average Bonchev–Trinajstić information content (AvgIpc) is 3.24. The summed E-state index contributed by atoms with van der Waals surface area (Å²) in [6.07, 6.45) is 2.65. The van der Waals surface area contributed by atoms with Gasteiger partial charge in [0.05, 0.1) is 17.7 Å². The van der Waals surface area contributed by atoms with Crippen molar-refractivity contribution < 1.29 is 33.4 Å². The van der Waals surface area contributed by atoms with Crippen LogP contribution in [0.15, 0.2) is 46.9 Å². The van der Waals surface area contributed by atoms with Crippen molar-refractivity contribution >= 4 is 28.8 Å². The Morgan fingerprint density at radius 3 is 2.17 bits per heavy atom. The van der Waals surface area contributed by atoms with E-state index < -0.39 is 11.6 Å². The van der Waals surface area contributed by atoms with Gasteiger partial charge in [0.2, 0.25) is 0 Å². The van der Waals surface area contributed by atoms with Crippen molar-refractivity contribution in [1.82, 2.24) is 4.90 Å². The summed E-state index contributed by atoms with van der Waals surface area (Å²) in [6.45, 7) is 15.3. The predicted molar refractivity (Wildman–Crippen MR) is 159 cm³/mol. The van der Waals surface area contributed by atoms with E-state index >= 15 is 0 Å². The van der Waals surface area contributed by atoms with E-state index in [4.69, 9.17) is 13.9 Å². The molecule has 0 saturated heterocycles. The number of amides is 1. The monoisotopic (exact) mass is 565 g/mol. The molecule has 0 atom stereocenters. The molecule has 41 heavy (non-hydrogen) atoms. The molecule has 1 amide bonds. The number of carboxylic acid groups (broad SMARTS) is 1. The second-order valence-corrected chi connectivity index (χ2v) is 12.5. The Hall–Kier alpha value is -3.81. The molecule has 8 heteroatoms. The van der Waals surface area contributed by atoms with E-state index in [2.05, 4.69) is 27.7 Å². The summed E-state index contributed by atoms with van der Waals surface area (Å²) in [5, 5.41) is 9.96. The number of benzene rings is 2. The Morgan fingerprint density at radius 1 is 0.927 bits per heavy atom. The minimum Gasteiger partial charge on any atom is -0.494 e. The fourth-order valence-corrected chi connectivity index (χ4v) is 4.47. The van der Waals surface area contributed by atoms with E-state index in [1.54, 1.807) is 35.2 Å². The molecule has 1 N–H and O–H groups in total. The summed E-state index contributed by atoms with van der Waals surface area (Å²) in [5.41, 5.74) is 0.820. The van der Waals surface area contributed by atoms with Crippen LogP contribution in [0.1, 0.15) is 99.8 Å². The van der Waals surface area contributed by atoms with Gasteiger partial charge in [-0.15, -0.1) is 0 Å². The number of fused-ring (bicyclic) bond motifs is 1. The van der Waals surface area contributed by atoms with Crippen LogP contribution in [0.25, 0.3) is 11.0 Å². The summed E-state index contributed by atoms with van der Waals surface area (Å²) in [7, 11) is 0. The number of furan rings is 1. The highest BCUT2D eigenvalue weighted by Gasteiger charge is 2.26. The number of ketones is 1. The molecule has 0 bridgehead atoms. The summed E-state index contributed by atoms with van der Waals surface area (Å²) in [5.74, 6) is -0.105. The topological polar surface area (TPSA) is 106 Å². The standard InChI is InChI=1S/C33H43NO7/c1-8-9-11-27-28(25-20-23(30(36)37)14-17-26(25)40-27)29(35)22-12-15-24(16-13-22)39-19-10-18-34(21-32(2,3)4)31(38)41-33(5,6)7/h12-17,20H,8-11,18-19,21H2,1-7H3,(H,36,37). The average molecular weight is 566 g/mol. The Kier molecular flexibility index (Phi) is 10.2. The van der Waals surface area contributed by atoms with Crippen molar-refractivity contribution in [2.24, 2.45) is 5.41 Å². The van der Waals surface area contributed by atoms with E-state index in [9.17, 15) is 19.5 Å². The molecule has 0 aliphatic carbocycles. The van der Waals surface area contributed by atoms with Crippen LogP contribution >= 0.6 is 0 Å². The van der Waals surface area contributed by atoms with Crippen LogP contribution in [0.2, 0.25) is 0 Å². The van der Waals surface area contributed by atoms with Gasteiger partial charge >= 0.3 is 12.1 Å². The fourth-order valence-electron chi connectivity index (χ4n) is 4.47. The number of rotatable bonds is 12. The summed E-state index contributed by atoms with van der Waals surface area (Å²) in [4.78, 5) is 39.6. The second kappa shape index (κ2) is 13.2. The fraction of sp³-hybridized carbons (Fsp3) is 0.485. The van der Waals surface area contributed by atoms with Gasteiger partial charge in [-0.1, -0.05) is 34.1 Å². The predicted octanol–water partition coefficient (Wildman–Crippen LogP) is 7.76. The number of ether oxygens (including phenoxy) is 2. The molecule has 0 fully saturated rings. The molecule has 0 radical (unpaired) electrons. The summed E-state index contributed by atoms with van der Waals surface area (Å²) >= 11 is 0. The number of carbonyl (C=O) groups excluding carboxylic acids is 2. The van der Waals surface area contributed by atoms with Crippen LogP contribution in [-0.4, -0.2) is 53.1 Å². The van der Waals surface area contributed by atoms with Crippen LogP contribution in [0.3, 0.4) is 0 Å². The largest absolute Gasteiger partial charge is 0.494 e. The zero-order valence-electron chi connectivity index (χ0n) is 25.3. The molecule has 0 aliphatic heterocycles. The minimum absolute atomic E-state index is 0.0773. The SMILES string of the molecule is CCCCc1oc2ccc(C(=O)O)cc2c1C(=O)c1ccc(OCCCN(CC(C)(C)C)C(=O)OC(C)(C)C)cc1. The normalized spacial score (nSPS) is 11.9. The maximum absolute atomic E-state index is 13.6. The Labute approximate surface area is 242 Å². The zero-order valence-corrected chi connectivity index (χ0v) is 25.3. The first-order chi connectivity index (χ1) is 19.2. The third-order valence-corrected chi connectivity index (χ3v) is 6.27. The molecule has 1 heterocycles. The van der Waals surface area contributed by atoms with E-state index in [-0.39, 0.29) is 22.9 Å². The third kappa shape index (κ3) is 9.10. The number of carboxylic acids is 1. The first-order valence-corrected chi connectivity index (χ1v) is 14.2. The maximum Gasteiger partial charge on any atom is 0.410 e. The minimum atomic E-state index is -1.06. The molecule has 0 saturated carbocycles. The molecular formula is C33H43NO7. The highest BCUT2D eigenvalue weighted by atomic mass is 16.6. The molecule has 0 aliphatic rings. The zero-order chi connectivity index (χ0) is 30.4. The lowest BCUT2D eigenvalue weighted by Crippen LogP contribution is -2.42. The van der Waals surface area contributed by atoms with Crippen molar-refractivity contribution in [3.63, 3.8) is 0 Å². The first kappa shape index (κ1) is 31.7. The molecule has 8 nitrogen and oxygen atoms in total. The van der Waals surface area contributed by atoms with Gasteiger partial charge in [0.1, 0.15) is 22.7 Å². The van der Waals surface area contributed by atoms with Crippen molar-refractivity contribution in [2.75, 3.05) is 19.7 Å². The molecule has 2 aromatic carbocycles.